The third-order valence-electron chi connectivity index (χ3n) is 1.71. The maximum Gasteiger partial charge on any atom is 0.123 e. The van der Waals surface area contributed by atoms with Crippen LogP contribution in [-0.4, -0.2) is 18.6 Å². The summed E-state index contributed by atoms with van der Waals surface area (Å²) in [6, 6.07) is 6.07. The van der Waals surface area contributed by atoms with Crippen molar-refractivity contribution in [1.82, 2.24) is 0 Å². The van der Waals surface area contributed by atoms with Crippen molar-refractivity contribution in [2.24, 2.45) is 0 Å². The number of ether oxygens (including phenoxy) is 1. The molecule has 1 aromatic carbocycles. The first-order valence-corrected chi connectivity index (χ1v) is 7.55. The fourth-order valence-corrected chi connectivity index (χ4v) is 2.12. The lowest BCUT2D eigenvalue weighted by molar-refractivity contribution is 0.341. The van der Waals surface area contributed by atoms with E-state index in [9.17, 15) is 0 Å². The Morgan fingerprint density at radius 1 is 1.43 bits per heavy atom. The Hall–Kier alpha value is 0.330. The minimum absolute atomic E-state index is 0.767. The summed E-state index contributed by atoms with van der Waals surface area (Å²) in [5.41, 5.74) is 1.18. The molecule has 0 saturated carbocycles. The Morgan fingerprint density at radius 2 is 2.21 bits per heavy atom. The smallest absolute Gasteiger partial charge is 0.123 e. The Labute approximate surface area is 106 Å². The quantitative estimate of drug-likeness (QED) is 0.590. The van der Waals surface area contributed by atoms with Crippen LogP contribution in [0.1, 0.15) is 5.56 Å². The van der Waals surface area contributed by atoms with Gasteiger partial charge in [0.15, 0.2) is 0 Å². The van der Waals surface area contributed by atoms with Crippen molar-refractivity contribution in [2.45, 2.75) is 5.33 Å². The highest BCUT2D eigenvalue weighted by Gasteiger charge is 2.02. The fourth-order valence-electron chi connectivity index (χ4n) is 1.03. The maximum atomic E-state index is 5.65. The van der Waals surface area contributed by atoms with E-state index >= 15 is 0 Å². The van der Waals surface area contributed by atoms with Gasteiger partial charge in [0.1, 0.15) is 5.75 Å². The summed E-state index contributed by atoms with van der Waals surface area (Å²) < 4.78 is 6.74. The molecule has 0 amide bonds. The van der Waals surface area contributed by atoms with E-state index in [1.54, 1.807) is 11.8 Å². The van der Waals surface area contributed by atoms with Crippen LogP contribution < -0.4 is 4.74 Å². The van der Waals surface area contributed by atoms with Gasteiger partial charge in [-0.25, -0.2) is 0 Å². The zero-order valence-electron chi connectivity index (χ0n) is 7.93. The molecule has 78 valence electrons. The summed E-state index contributed by atoms with van der Waals surface area (Å²) in [6.07, 6.45) is 2.08. The lowest BCUT2D eigenvalue weighted by Gasteiger charge is -2.09. The predicted octanol–water partition coefficient (Wildman–Crippen LogP) is 4.09. The van der Waals surface area contributed by atoms with Crippen LogP contribution >= 0.6 is 43.6 Å². The number of alkyl halides is 1. The molecule has 0 aliphatic heterocycles. The fraction of sp³-hybridized carbons (Fsp3) is 0.400. The summed E-state index contributed by atoms with van der Waals surface area (Å²) >= 11 is 8.68. The van der Waals surface area contributed by atoms with Gasteiger partial charge in [-0.05, 0) is 24.5 Å². The Balaban J connectivity index is 2.65. The first-order valence-electron chi connectivity index (χ1n) is 4.24. The summed E-state index contributed by atoms with van der Waals surface area (Å²) in [5, 5.41) is 0.820. The predicted molar refractivity (Wildman–Crippen MR) is 70.7 cm³/mol. The number of rotatable bonds is 5. The summed E-state index contributed by atoms with van der Waals surface area (Å²) in [5.74, 6) is 2.00. The van der Waals surface area contributed by atoms with Crippen molar-refractivity contribution >= 4 is 43.6 Å². The number of benzene rings is 1. The Kier molecular flexibility index (Phi) is 5.98. The SMILES string of the molecule is CSCCOc1ccc(Br)cc1CBr. The van der Waals surface area contributed by atoms with E-state index in [4.69, 9.17) is 4.74 Å². The summed E-state index contributed by atoms with van der Waals surface area (Å²) in [4.78, 5) is 0. The van der Waals surface area contributed by atoms with Crippen LogP contribution in [0.4, 0.5) is 0 Å². The van der Waals surface area contributed by atoms with Gasteiger partial charge in [0.2, 0.25) is 0 Å². The maximum absolute atomic E-state index is 5.65. The van der Waals surface area contributed by atoms with Crippen molar-refractivity contribution in [3.8, 4) is 5.75 Å². The van der Waals surface area contributed by atoms with Gasteiger partial charge in [-0.1, -0.05) is 31.9 Å². The topological polar surface area (TPSA) is 9.23 Å². The van der Waals surface area contributed by atoms with Crippen molar-refractivity contribution in [1.29, 1.82) is 0 Å². The van der Waals surface area contributed by atoms with Crippen molar-refractivity contribution < 1.29 is 4.74 Å². The largest absolute Gasteiger partial charge is 0.492 e. The van der Waals surface area contributed by atoms with Gasteiger partial charge >= 0.3 is 0 Å². The van der Waals surface area contributed by atoms with Gasteiger partial charge in [0.05, 0.1) is 6.61 Å². The second-order valence-electron chi connectivity index (χ2n) is 2.73. The number of thioether (sulfide) groups is 1. The van der Waals surface area contributed by atoms with E-state index in [0.717, 1.165) is 27.9 Å². The van der Waals surface area contributed by atoms with Gasteiger partial charge in [0, 0.05) is 21.1 Å². The monoisotopic (exact) mass is 338 g/mol. The van der Waals surface area contributed by atoms with E-state index in [0.29, 0.717) is 0 Å². The lowest BCUT2D eigenvalue weighted by atomic mass is 10.2. The second-order valence-corrected chi connectivity index (χ2v) is 5.19. The molecule has 14 heavy (non-hydrogen) atoms. The zero-order valence-corrected chi connectivity index (χ0v) is 11.9. The molecule has 0 radical (unpaired) electrons. The molecule has 0 atom stereocenters. The Bertz CT molecular complexity index is 291. The number of halogens is 2. The third-order valence-corrected chi connectivity index (χ3v) is 3.38. The molecular formula is C10H12Br2OS. The normalized spacial score (nSPS) is 10.2. The molecule has 0 aliphatic rings. The first-order chi connectivity index (χ1) is 6.77. The molecule has 0 spiro atoms. The zero-order chi connectivity index (χ0) is 10.4. The summed E-state index contributed by atoms with van der Waals surface area (Å²) in [6.45, 7) is 0.767. The van der Waals surface area contributed by atoms with E-state index < -0.39 is 0 Å². The third kappa shape index (κ3) is 3.83. The molecule has 0 fully saturated rings. The van der Waals surface area contributed by atoms with Gasteiger partial charge in [-0.3, -0.25) is 0 Å². The van der Waals surface area contributed by atoms with Gasteiger partial charge in [0.25, 0.3) is 0 Å². The van der Waals surface area contributed by atoms with E-state index in [-0.39, 0.29) is 0 Å². The summed E-state index contributed by atoms with van der Waals surface area (Å²) in [7, 11) is 0. The average molecular weight is 340 g/mol. The first kappa shape index (κ1) is 12.4. The van der Waals surface area contributed by atoms with E-state index in [1.165, 1.54) is 5.56 Å². The van der Waals surface area contributed by atoms with Crippen LogP contribution in [0.5, 0.6) is 5.75 Å². The molecule has 0 aromatic heterocycles. The van der Waals surface area contributed by atoms with Gasteiger partial charge in [-0.15, -0.1) is 0 Å². The second kappa shape index (κ2) is 6.75. The molecule has 1 aromatic rings. The molecule has 0 saturated heterocycles. The Morgan fingerprint density at radius 3 is 2.86 bits per heavy atom. The molecule has 0 N–H and O–H groups in total. The minimum Gasteiger partial charge on any atom is -0.492 e. The number of hydrogen-bond donors (Lipinski definition) is 0. The standard InChI is InChI=1S/C10H12Br2OS/c1-14-5-4-13-10-3-2-9(12)6-8(10)7-11/h2-3,6H,4-5,7H2,1H3. The van der Waals surface area contributed by atoms with Gasteiger partial charge < -0.3 is 4.74 Å². The molecule has 0 aliphatic carbocycles. The highest BCUT2D eigenvalue weighted by Crippen LogP contribution is 2.25. The van der Waals surface area contributed by atoms with Crippen LogP contribution in [-0.2, 0) is 5.33 Å². The van der Waals surface area contributed by atoms with Crippen molar-refractivity contribution in [3.05, 3.63) is 28.2 Å². The number of hydrogen-bond acceptors (Lipinski definition) is 2. The van der Waals surface area contributed by atoms with Crippen molar-refractivity contribution in [2.75, 3.05) is 18.6 Å². The molecule has 0 unspecified atom stereocenters. The van der Waals surface area contributed by atoms with Crippen LogP contribution in [0.25, 0.3) is 0 Å². The average Bonchev–Trinajstić information content (AvgIpc) is 2.20. The highest BCUT2D eigenvalue weighted by atomic mass is 79.9. The van der Waals surface area contributed by atoms with Crippen LogP contribution in [0.15, 0.2) is 22.7 Å². The van der Waals surface area contributed by atoms with E-state index in [1.807, 2.05) is 12.1 Å². The van der Waals surface area contributed by atoms with Crippen LogP contribution in [0, 0.1) is 0 Å². The molecule has 1 nitrogen and oxygen atoms in total. The van der Waals surface area contributed by atoms with Gasteiger partial charge in [-0.2, -0.15) is 11.8 Å². The lowest BCUT2D eigenvalue weighted by Crippen LogP contribution is -2.01. The van der Waals surface area contributed by atoms with Crippen molar-refractivity contribution in [3.63, 3.8) is 0 Å². The molecular weight excluding hydrogens is 328 g/mol. The minimum atomic E-state index is 0.767. The molecule has 1 rings (SSSR count). The van der Waals surface area contributed by atoms with Crippen LogP contribution in [0.3, 0.4) is 0 Å². The molecule has 0 bridgehead atoms. The highest BCUT2D eigenvalue weighted by molar-refractivity contribution is 9.10. The van der Waals surface area contributed by atoms with Crippen LogP contribution in [0.2, 0.25) is 0 Å². The molecule has 0 heterocycles. The van der Waals surface area contributed by atoms with E-state index in [2.05, 4.69) is 44.2 Å². The molecule has 4 heteroatoms.